The number of imidazole rings is 1. The molecule has 0 saturated heterocycles. The van der Waals surface area contributed by atoms with Gasteiger partial charge < -0.3 is 10.3 Å². The Kier molecular flexibility index (Phi) is 2.27. The fourth-order valence-corrected chi connectivity index (χ4v) is 1.68. The van der Waals surface area contributed by atoms with E-state index in [-0.39, 0.29) is 6.04 Å². The molecule has 68 valence electrons. The summed E-state index contributed by atoms with van der Waals surface area (Å²) >= 11 is 1.58. The average molecular weight is 194 g/mol. The Morgan fingerprint density at radius 3 is 3.00 bits per heavy atom. The minimum absolute atomic E-state index is 0.168. The van der Waals surface area contributed by atoms with E-state index in [0.717, 1.165) is 11.0 Å². The summed E-state index contributed by atoms with van der Waals surface area (Å²) in [4.78, 5) is 11.3. The van der Waals surface area contributed by atoms with Crippen LogP contribution in [0.1, 0.15) is 18.8 Å². The maximum atomic E-state index is 4.16. The predicted molar refractivity (Wildman–Crippen MR) is 52.7 cm³/mol. The van der Waals surface area contributed by atoms with Crippen LogP contribution >= 0.6 is 11.3 Å². The number of nitrogens with zero attached hydrogens (tertiary/aromatic N) is 2. The van der Waals surface area contributed by atoms with Gasteiger partial charge in [-0.25, -0.2) is 9.97 Å². The van der Waals surface area contributed by atoms with Crippen molar-refractivity contribution in [2.24, 2.45) is 0 Å². The molecule has 0 aromatic carbocycles. The van der Waals surface area contributed by atoms with Crippen LogP contribution in [-0.4, -0.2) is 15.0 Å². The van der Waals surface area contributed by atoms with Crippen LogP contribution in [0, 0.1) is 0 Å². The second-order valence-electron chi connectivity index (χ2n) is 2.68. The summed E-state index contributed by atoms with van der Waals surface area (Å²) in [5.41, 5.74) is 0. The van der Waals surface area contributed by atoms with E-state index in [0.29, 0.717) is 0 Å². The van der Waals surface area contributed by atoms with Gasteiger partial charge in [-0.2, -0.15) is 0 Å². The molecule has 1 atom stereocenters. The van der Waals surface area contributed by atoms with Crippen molar-refractivity contribution in [1.29, 1.82) is 0 Å². The molecule has 2 N–H and O–H groups in total. The Morgan fingerprint density at radius 2 is 2.38 bits per heavy atom. The first-order valence-electron chi connectivity index (χ1n) is 4.01. The van der Waals surface area contributed by atoms with E-state index in [1.54, 1.807) is 23.7 Å². The zero-order valence-electron chi connectivity index (χ0n) is 7.19. The number of rotatable bonds is 3. The smallest absolute Gasteiger partial charge is 0.183 e. The summed E-state index contributed by atoms with van der Waals surface area (Å²) in [6.45, 7) is 2.04. The zero-order chi connectivity index (χ0) is 9.10. The number of anilines is 1. The van der Waals surface area contributed by atoms with Gasteiger partial charge in [0.2, 0.25) is 0 Å². The molecule has 0 saturated carbocycles. The van der Waals surface area contributed by atoms with Crippen LogP contribution in [0.3, 0.4) is 0 Å². The molecule has 0 amide bonds. The summed E-state index contributed by atoms with van der Waals surface area (Å²) < 4.78 is 0. The van der Waals surface area contributed by atoms with Gasteiger partial charge in [-0.3, -0.25) is 0 Å². The molecule has 0 spiro atoms. The van der Waals surface area contributed by atoms with Gasteiger partial charge in [0.15, 0.2) is 5.13 Å². The highest BCUT2D eigenvalue weighted by molar-refractivity contribution is 7.13. The monoisotopic (exact) mass is 194 g/mol. The van der Waals surface area contributed by atoms with Crippen LogP contribution in [0.4, 0.5) is 5.13 Å². The van der Waals surface area contributed by atoms with Crippen molar-refractivity contribution in [2.75, 3.05) is 5.32 Å². The van der Waals surface area contributed by atoms with Crippen LogP contribution in [0.25, 0.3) is 0 Å². The Bertz CT molecular complexity index is 340. The molecular weight excluding hydrogens is 184 g/mol. The van der Waals surface area contributed by atoms with E-state index in [2.05, 4.69) is 20.3 Å². The number of aromatic amines is 1. The van der Waals surface area contributed by atoms with E-state index in [9.17, 15) is 0 Å². The first-order chi connectivity index (χ1) is 6.36. The summed E-state index contributed by atoms with van der Waals surface area (Å²) in [7, 11) is 0. The second kappa shape index (κ2) is 3.57. The summed E-state index contributed by atoms with van der Waals surface area (Å²) in [6.07, 6.45) is 5.34. The molecule has 2 heterocycles. The van der Waals surface area contributed by atoms with Crippen LogP contribution in [0.15, 0.2) is 24.0 Å². The molecule has 2 aromatic heterocycles. The highest BCUT2D eigenvalue weighted by Crippen LogP contribution is 2.17. The van der Waals surface area contributed by atoms with Crippen molar-refractivity contribution >= 4 is 16.5 Å². The SMILES string of the molecule is CC(Nc1nccs1)c1ncc[nH]1. The van der Waals surface area contributed by atoms with Crippen molar-refractivity contribution in [3.05, 3.63) is 29.8 Å². The quantitative estimate of drug-likeness (QED) is 0.786. The van der Waals surface area contributed by atoms with Crippen molar-refractivity contribution in [2.45, 2.75) is 13.0 Å². The van der Waals surface area contributed by atoms with E-state index < -0.39 is 0 Å². The normalized spacial score (nSPS) is 12.7. The van der Waals surface area contributed by atoms with E-state index >= 15 is 0 Å². The fourth-order valence-electron chi connectivity index (χ4n) is 1.06. The van der Waals surface area contributed by atoms with Gasteiger partial charge in [-0.05, 0) is 6.92 Å². The topological polar surface area (TPSA) is 53.6 Å². The lowest BCUT2D eigenvalue weighted by atomic mass is 10.3. The van der Waals surface area contributed by atoms with E-state index in [1.807, 2.05) is 18.5 Å². The summed E-state index contributed by atoms with van der Waals surface area (Å²) in [5, 5.41) is 6.10. The van der Waals surface area contributed by atoms with Crippen molar-refractivity contribution in [3.8, 4) is 0 Å². The third-order valence-corrected chi connectivity index (χ3v) is 2.41. The lowest BCUT2D eigenvalue weighted by molar-refractivity contribution is 0.808. The third kappa shape index (κ3) is 1.86. The minimum atomic E-state index is 0.168. The largest absolute Gasteiger partial charge is 0.352 e. The Balaban J connectivity index is 2.04. The first-order valence-corrected chi connectivity index (χ1v) is 4.89. The van der Waals surface area contributed by atoms with Gasteiger partial charge in [0.05, 0.1) is 6.04 Å². The molecular formula is C8H10N4S. The molecule has 13 heavy (non-hydrogen) atoms. The zero-order valence-corrected chi connectivity index (χ0v) is 8.01. The summed E-state index contributed by atoms with van der Waals surface area (Å²) in [6, 6.07) is 0.168. The number of H-pyrrole nitrogens is 1. The third-order valence-electron chi connectivity index (χ3n) is 1.70. The van der Waals surface area contributed by atoms with Gasteiger partial charge in [0.1, 0.15) is 5.82 Å². The number of thiazole rings is 1. The van der Waals surface area contributed by atoms with Crippen LogP contribution in [0.5, 0.6) is 0 Å². The number of nitrogens with one attached hydrogen (secondary N) is 2. The molecule has 0 aliphatic heterocycles. The Hall–Kier alpha value is -1.36. The first kappa shape index (κ1) is 8.25. The van der Waals surface area contributed by atoms with Crippen LogP contribution in [-0.2, 0) is 0 Å². The highest BCUT2D eigenvalue weighted by atomic mass is 32.1. The molecule has 0 fully saturated rings. The van der Waals surface area contributed by atoms with Gasteiger partial charge in [-0.15, -0.1) is 11.3 Å². The van der Waals surface area contributed by atoms with Gasteiger partial charge >= 0.3 is 0 Å². The van der Waals surface area contributed by atoms with E-state index in [4.69, 9.17) is 0 Å². The molecule has 2 rings (SSSR count). The second-order valence-corrected chi connectivity index (χ2v) is 3.57. The maximum Gasteiger partial charge on any atom is 0.183 e. The lowest BCUT2D eigenvalue weighted by Gasteiger charge is -2.08. The Labute approximate surface area is 80.1 Å². The summed E-state index contributed by atoms with van der Waals surface area (Å²) in [5.74, 6) is 0.926. The lowest BCUT2D eigenvalue weighted by Crippen LogP contribution is -2.07. The minimum Gasteiger partial charge on any atom is -0.352 e. The van der Waals surface area contributed by atoms with Gasteiger partial charge in [0, 0.05) is 24.0 Å². The molecule has 0 aliphatic rings. The van der Waals surface area contributed by atoms with Gasteiger partial charge in [0.25, 0.3) is 0 Å². The average Bonchev–Trinajstić information content (AvgIpc) is 2.74. The van der Waals surface area contributed by atoms with Crippen molar-refractivity contribution in [3.63, 3.8) is 0 Å². The van der Waals surface area contributed by atoms with Crippen LogP contribution < -0.4 is 5.32 Å². The van der Waals surface area contributed by atoms with Gasteiger partial charge in [-0.1, -0.05) is 0 Å². The molecule has 1 unspecified atom stereocenters. The number of hydrogen-bond acceptors (Lipinski definition) is 4. The molecule has 0 aliphatic carbocycles. The van der Waals surface area contributed by atoms with Crippen molar-refractivity contribution in [1.82, 2.24) is 15.0 Å². The standard InChI is InChI=1S/C8H10N4S/c1-6(7-9-2-3-10-7)12-8-11-4-5-13-8/h2-6H,1H3,(H,9,10)(H,11,12). The number of aromatic nitrogens is 3. The molecule has 5 heteroatoms. The van der Waals surface area contributed by atoms with Crippen molar-refractivity contribution < 1.29 is 0 Å². The van der Waals surface area contributed by atoms with E-state index in [1.165, 1.54) is 0 Å². The molecule has 0 bridgehead atoms. The number of hydrogen-bond donors (Lipinski definition) is 2. The molecule has 2 aromatic rings. The highest BCUT2D eigenvalue weighted by Gasteiger charge is 2.07. The van der Waals surface area contributed by atoms with Crippen LogP contribution in [0.2, 0.25) is 0 Å². The molecule has 0 radical (unpaired) electrons. The fraction of sp³-hybridized carbons (Fsp3) is 0.250. The Morgan fingerprint density at radius 1 is 1.46 bits per heavy atom. The maximum absolute atomic E-state index is 4.16. The molecule has 4 nitrogen and oxygen atoms in total. The predicted octanol–water partition coefficient (Wildman–Crippen LogP) is 2.04.